The average Bonchev–Trinajstić information content (AvgIpc) is 2.37. The Bertz CT molecular complexity index is 571. The Balaban J connectivity index is 2.35. The van der Waals surface area contributed by atoms with E-state index in [2.05, 4.69) is 37.2 Å². The van der Waals surface area contributed by atoms with Gasteiger partial charge < -0.3 is 15.8 Å². The van der Waals surface area contributed by atoms with Gasteiger partial charge in [0.2, 0.25) is 5.91 Å². The normalized spacial score (nSPS) is 16.2. The fourth-order valence-electron chi connectivity index (χ4n) is 1.99. The predicted octanol–water partition coefficient (Wildman–Crippen LogP) is 2.82. The molecule has 0 aromatic heterocycles. The number of amides is 1. The van der Waals surface area contributed by atoms with Crippen LogP contribution >= 0.6 is 31.9 Å². The van der Waals surface area contributed by atoms with E-state index >= 15 is 0 Å². The molecule has 1 aromatic rings. The maximum atomic E-state index is 12.2. The highest BCUT2D eigenvalue weighted by Gasteiger charge is 2.40. The van der Waals surface area contributed by atoms with E-state index in [1.165, 1.54) is 7.11 Å². The summed E-state index contributed by atoms with van der Waals surface area (Å²) in [5, 5.41) is 2.73. The summed E-state index contributed by atoms with van der Waals surface area (Å²) >= 11 is 6.64. The topological polar surface area (TPSA) is 81.4 Å². The monoisotopic (exact) mass is 404 g/mol. The summed E-state index contributed by atoms with van der Waals surface area (Å²) in [6, 6.07) is 3.34. The lowest BCUT2D eigenvalue weighted by Gasteiger charge is -2.36. The van der Waals surface area contributed by atoms with E-state index < -0.39 is 11.5 Å². The molecule has 1 saturated carbocycles. The third-order valence-corrected chi connectivity index (χ3v) is 4.48. The maximum absolute atomic E-state index is 12.2. The number of rotatable bonds is 3. The largest absolute Gasteiger partial charge is 0.465 e. The van der Waals surface area contributed by atoms with Gasteiger partial charge in [0.1, 0.15) is 0 Å². The molecule has 0 saturated heterocycles. The number of nitrogens with one attached hydrogen (secondary N) is 1. The van der Waals surface area contributed by atoms with Gasteiger partial charge >= 0.3 is 5.97 Å². The molecule has 1 amide bonds. The average molecular weight is 406 g/mol. The zero-order valence-electron chi connectivity index (χ0n) is 10.8. The lowest BCUT2D eigenvalue weighted by Crippen LogP contribution is -2.56. The van der Waals surface area contributed by atoms with E-state index in [0.29, 0.717) is 27.5 Å². The van der Waals surface area contributed by atoms with Crippen molar-refractivity contribution in [2.75, 3.05) is 12.4 Å². The van der Waals surface area contributed by atoms with Crippen LogP contribution in [0, 0.1) is 0 Å². The number of methoxy groups -OCH3 is 1. The van der Waals surface area contributed by atoms with E-state index in [-0.39, 0.29) is 11.5 Å². The van der Waals surface area contributed by atoms with Crippen molar-refractivity contribution in [2.45, 2.75) is 24.8 Å². The highest BCUT2D eigenvalue weighted by Crippen LogP contribution is 2.34. The first-order valence-corrected chi connectivity index (χ1v) is 7.64. The second-order valence-corrected chi connectivity index (χ2v) is 6.54. The Labute approximate surface area is 133 Å². The number of benzene rings is 1. The van der Waals surface area contributed by atoms with E-state index in [1.807, 2.05) is 0 Å². The van der Waals surface area contributed by atoms with Gasteiger partial charge in [-0.25, -0.2) is 4.79 Å². The number of hydrogen-bond acceptors (Lipinski definition) is 4. The Hall–Kier alpha value is -0.920. The summed E-state index contributed by atoms with van der Waals surface area (Å²) in [6.07, 6.45) is 2.25. The summed E-state index contributed by atoms with van der Waals surface area (Å²) < 4.78 is 6.02. The standard InChI is InChI=1S/C13H14Br2N2O3/c1-20-11(18)8-5-7(14)6-9(15)10(8)17-12(19)13(16)3-2-4-13/h5-6H,2-4,16H2,1H3,(H,17,19). The quantitative estimate of drug-likeness (QED) is 0.757. The molecule has 0 unspecified atom stereocenters. The van der Waals surface area contributed by atoms with Crippen LogP contribution in [0.25, 0.3) is 0 Å². The van der Waals surface area contributed by atoms with Gasteiger partial charge in [0.15, 0.2) is 0 Å². The molecular weight excluding hydrogens is 392 g/mol. The van der Waals surface area contributed by atoms with Gasteiger partial charge in [-0.1, -0.05) is 15.9 Å². The molecule has 1 aromatic carbocycles. The summed E-state index contributed by atoms with van der Waals surface area (Å²) in [5.41, 5.74) is 5.79. The molecule has 7 heteroatoms. The number of carbonyl (C=O) groups excluding carboxylic acids is 2. The van der Waals surface area contributed by atoms with Crippen LogP contribution in [-0.4, -0.2) is 24.5 Å². The van der Waals surface area contributed by atoms with E-state index in [4.69, 9.17) is 10.5 Å². The van der Waals surface area contributed by atoms with Crippen molar-refractivity contribution in [3.63, 3.8) is 0 Å². The van der Waals surface area contributed by atoms with Crippen molar-refractivity contribution < 1.29 is 14.3 Å². The molecule has 0 heterocycles. The number of carbonyl (C=O) groups is 2. The molecular formula is C13H14Br2N2O3. The molecule has 1 aliphatic carbocycles. The van der Waals surface area contributed by atoms with Crippen molar-refractivity contribution in [1.29, 1.82) is 0 Å². The Morgan fingerprint density at radius 2 is 2.00 bits per heavy atom. The number of hydrogen-bond donors (Lipinski definition) is 2. The summed E-state index contributed by atoms with van der Waals surface area (Å²) in [5.74, 6) is -0.807. The fourth-order valence-corrected chi connectivity index (χ4v) is 3.32. The minimum atomic E-state index is -0.833. The smallest absolute Gasteiger partial charge is 0.340 e. The van der Waals surface area contributed by atoms with Crippen molar-refractivity contribution in [3.05, 3.63) is 26.6 Å². The van der Waals surface area contributed by atoms with E-state index in [9.17, 15) is 9.59 Å². The van der Waals surface area contributed by atoms with Gasteiger partial charge in [-0.3, -0.25) is 4.79 Å². The Morgan fingerprint density at radius 3 is 2.50 bits per heavy atom. The van der Waals surface area contributed by atoms with Crippen molar-refractivity contribution >= 4 is 49.4 Å². The second-order valence-electron chi connectivity index (χ2n) is 4.77. The molecule has 1 fully saturated rings. The lowest BCUT2D eigenvalue weighted by atomic mass is 9.77. The zero-order valence-corrected chi connectivity index (χ0v) is 14.0. The number of esters is 1. The number of anilines is 1. The molecule has 5 nitrogen and oxygen atoms in total. The second kappa shape index (κ2) is 5.83. The first-order valence-electron chi connectivity index (χ1n) is 6.05. The van der Waals surface area contributed by atoms with Crippen LogP contribution < -0.4 is 11.1 Å². The van der Waals surface area contributed by atoms with E-state index in [1.54, 1.807) is 12.1 Å². The van der Waals surface area contributed by atoms with Crippen LogP contribution in [0.4, 0.5) is 5.69 Å². The Morgan fingerprint density at radius 1 is 1.35 bits per heavy atom. The SMILES string of the molecule is COC(=O)c1cc(Br)cc(Br)c1NC(=O)C1(N)CCC1. The molecule has 3 N–H and O–H groups in total. The molecule has 0 aliphatic heterocycles. The predicted molar refractivity (Wildman–Crippen MR) is 82.6 cm³/mol. The highest BCUT2D eigenvalue weighted by atomic mass is 79.9. The first-order chi connectivity index (χ1) is 9.37. The third-order valence-electron chi connectivity index (χ3n) is 3.40. The van der Waals surface area contributed by atoms with Crippen LogP contribution in [-0.2, 0) is 9.53 Å². The van der Waals surface area contributed by atoms with Crippen LogP contribution in [0.5, 0.6) is 0 Å². The molecule has 108 valence electrons. The van der Waals surface area contributed by atoms with Gasteiger partial charge in [0.05, 0.1) is 23.9 Å². The van der Waals surface area contributed by atoms with Crippen LogP contribution in [0.3, 0.4) is 0 Å². The Kier molecular flexibility index (Phi) is 4.51. The molecule has 0 radical (unpaired) electrons. The molecule has 2 rings (SSSR count). The fraction of sp³-hybridized carbons (Fsp3) is 0.385. The number of nitrogens with two attached hydrogens (primary N) is 1. The van der Waals surface area contributed by atoms with Gasteiger partial charge in [0.25, 0.3) is 0 Å². The summed E-state index contributed by atoms with van der Waals surface area (Å²) in [4.78, 5) is 24.0. The maximum Gasteiger partial charge on any atom is 0.340 e. The summed E-state index contributed by atoms with van der Waals surface area (Å²) in [6.45, 7) is 0. The van der Waals surface area contributed by atoms with Gasteiger partial charge in [-0.05, 0) is 47.3 Å². The molecule has 0 spiro atoms. The lowest BCUT2D eigenvalue weighted by molar-refractivity contribution is -0.123. The molecule has 1 aliphatic rings. The minimum Gasteiger partial charge on any atom is -0.465 e. The van der Waals surface area contributed by atoms with Crippen LogP contribution in [0.15, 0.2) is 21.1 Å². The van der Waals surface area contributed by atoms with Gasteiger partial charge in [-0.15, -0.1) is 0 Å². The van der Waals surface area contributed by atoms with Crippen molar-refractivity contribution in [3.8, 4) is 0 Å². The summed E-state index contributed by atoms with van der Waals surface area (Å²) in [7, 11) is 1.29. The van der Waals surface area contributed by atoms with E-state index in [0.717, 1.165) is 6.42 Å². The van der Waals surface area contributed by atoms with Gasteiger partial charge in [0, 0.05) is 8.95 Å². The first kappa shape index (κ1) is 15.5. The van der Waals surface area contributed by atoms with Gasteiger partial charge in [-0.2, -0.15) is 0 Å². The third kappa shape index (κ3) is 2.89. The number of halogens is 2. The number of ether oxygens (including phenoxy) is 1. The van der Waals surface area contributed by atoms with Crippen LogP contribution in [0.1, 0.15) is 29.6 Å². The van der Waals surface area contributed by atoms with Crippen molar-refractivity contribution in [2.24, 2.45) is 5.73 Å². The molecule has 20 heavy (non-hydrogen) atoms. The zero-order chi connectivity index (χ0) is 14.9. The highest BCUT2D eigenvalue weighted by molar-refractivity contribution is 9.11. The minimum absolute atomic E-state index is 0.269. The molecule has 0 atom stereocenters. The van der Waals surface area contributed by atoms with Crippen LogP contribution in [0.2, 0.25) is 0 Å². The molecule has 0 bridgehead atoms. The van der Waals surface area contributed by atoms with Crippen molar-refractivity contribution in [1.82, 2.24) is 0 Å².